The standard InChI is InChI=1S/C13H14N2O/c1-9-6-7-13(11(15)8-9)16-12-5-3-2-4-10(12)14/h2-8H,14-15H2,1H3. The molecule has 2 aromatic carbocycles. The molecule has 0 aromatic heterocycles. The summed E-state index contributed by atoms with van der Waals surface area (Å²) in [5.41, 5.74) is 14.0. The van der Waals surface area contributed by atoms with Gasteiger partial charge in [-0.2, -0.15) is 0 Å². The van der Waals surface area contributed by atoms with Gasteiger partial charge in [-0.25, -0.2) is 0 Å². The van der Waals surface area contributed by atoms with Crippen LogP contribution in [0.15, 0.2) is 42.5 Å². The summed E-state index contributed by atoms with van der Waals surface area (Å²) in [6, 6.07) is 13.0. The molecule has 0 radical (unpaired) electrons. The molecule has 2 aromatic rings. The number of ether oxygens (including phenoxy) is 1. The molecule has 3 heteroatoms. The van der Waals surface area contributed by atoms with Crippen LogP contribution in [0.4, 0.5) is 11.4 Å². The molecule has 0 saturated carbocycles. The van der Waals surface area contributed by atoms with E-state index in [-0.39, 0.29) is 0 Å². The van der Waals surface area contributed by atoms with Crippen molar-refractivity contribution in [3.05, 3.63) is 48.0 Å². The van der Waals surface area contributed by atoms with Gasteiger partial charge in [0.2, 0.25) is 0 Å². The van der Waals surface area contributed by atoms with Gasteiger partial charge in [-0.15, -0.1) is 0 Å². The Morgan fingerprint density at radius 1 is 0.875 bits per heavy atom. The summed E-state index contributed by atoms with van der Waals surface area (Å²) in [6.45, 7) is 1.98. The zero-order valence-corrected chi connectivity index (χ0v) is 9.10. The monoisotopic (exact) mass is 214 g/mol. The molecule has 0 atom stereocenters. The molecule has 0 heterocycles. The highest BCUT2D eigenvalue weighted by Gasteiger charge is 2.04. The Hall–Kier alpha value is -2.16. The van der Waals surface area contributed by atoms with Crippen LogP contribution < -0.4 is 16.2 Å². The van der Waals surface area contributed by atoms with Crippen molar-refractivity contribution in [3.8, 4) is 11.5 Å². The molecule has 3 nitrogen and oxygen atoms in total. The summed E-state index contributed by atoms with van der Waals surface area (Å²) in [7, 11) is 0. The maximum Gasteiger partial charge on any atom is 0.150 e. The first-order valence-electron chi connectivity index (χ1n) is 5.05. The third kappa shape index (κ3) is 2.08. The predicted molar refractivity (Wildman–Crippen MR) is 66.5 cm³/mol. The molecule has 0 aliphatic carbocycles. The van der Waals surface area contributed by atoms with E-state index in [1.54, 1.807) is 6.07 Å². The molecule has 0 saturated heterocycles. The molecular formula is C13H14N2O. The molecule has 4 N–H and O–H groups in total. The number of anilines is 2. The van der Waals surface area contributed by atoms with Crippen molar-refractivity contribution < 1.29 is 4.74 Å². The van der Waals surface area contributed by atoms with Crippen LogP contribution in [-0.4, -0.2) is 0 Å². The number of para-hydroxylation sites is 2. The summed E-state index contributed by atoms with van der Waals surface area (Å²) in [5.74, 6) is 1.25. The van der Waals surface area contributed by atoms with E-state index in [1.807, 2.05) is 43.3 Å². The molecule has 0 spiro atoms. The largest absolute Gasteiger partial charge is 0.453 e. The van der Waals surface area contributed by atoms with E-state index in [2.05, 4.69) is 0 Å². The van der Waals surface area contributed by atoms with Crippen LogP contribution >= 0.6 is 0 Å². The van der Waals surface area contributed by atoms with Gasteiger partial charge < -0.3 is 16.2 Å². The van der Waals surface area contributed by atoms with Crippen LogP contribution in [0.3, 0.4) is 0 Å². The second-order valence-electron chi connectivity index (χ2n) is 3.68. The van der Waals surface area contributed by atoms with Gasteiger partial charge in [-0.3, -0.25) is 0 Å². The number of aryl methyl sites for hydroxylation is 1. The van der Waals surface area contributed by atoms with Gasteiger partial charge in [0.1, 0.15) is 11.5 Å². The SMILES string of the molecule is Cc1ccc(Oc2ccccc2N)c(N)c1. The van der Waals surface area contributed by atoms with Gasteiger partial charge >= 0.3 is 0 Å². The second-order valence-corrected chi connectivity index (χ2v) is 3.68. The fourth-order valence-electron chi connectivity index (χ4n) is 1.45. The van der Waals surface area contributed by atoms with Gasteiger partial charge in [0.05, 0.1) is 11.4 Å². The summed E-state index contributed by atoms with van der Waals surface area (Å²) in [6.07, 6.45) is 0. The van der Waals surface area contributed by atoms with Crippen molar-refractivity contribution in [1.29, 1.82) is 0 Å². The summed E-state index contributed by atoms with van der Waals surface area (Å²) in [4.78, 5) is 0. The Bertz CT molecular complexity index is 509. The smallest absolute Gasteiger partial charge is 0.150 e. The fourth-order valence-corrected chi connectivity index (χ4v) is 1.45. The van der Waals surface area contributed by atoms with E-state index >= 15 is 0 Å². The van der Waals surface area contributed by atoms with Crippen molar-refractivity contribution in [1.82, 2.24) is 0 Å². The highest BCUT2D eigenvalue weighted by atomic mass is 16.5. The van der Waals surface area contributed by atoms with Gasteiger partial charge in [0.15, 0.2) is 0 Å². The van der Waals surface area contributed by atoms with Crippen LogP contribution in [0.5, 0.6) is 11.5 Å². The highest BCUT2D eigenvalue weighted by Crippen LogP contribution is 2.31. The van der Waals surface area contributed by atoms with E-state index in [0.717, 1.165) is 5.56 Å². The van der Waals surface area contributed by atoms with Gasteiger partial charge in [0, 0.05) is 0 Å². The van der Waals surface area contributed by atoms with Crippen molar-refractivity contribution in [3.63, 3.8) is 0 Å². The second kappa shape index (κ2) is 4.14. The Balaban J connectivity index is 2.31. The third-order valence-corrected chi connectivity index (χ3v) is 2.30. The Kier molecular flexibility index (Phi) is 2.68. The van der Waals surface area contributed by atoms with Gasteiger partial charge in [-0.1, -0.05) is 18.2 Å². The zero-order valence-electron chi connectivity index (χ0n) is 9.10. The van der Waals surface area contributed by atoms with E-state index in [9.17, 15) is 0 Å². The van der Waals surface area contributed by atoms with Crippen LogP contribution in [0.2, 0.25) is 0 Å². The lowest BCUT2D eigenvalue weighted by Crippen LogP contribution is -1.95. The van der Waals surface area contributed by atoms with Crippen LogP contribution in [-0.2, 0) is 0 Å². The zero-order chi connectivity index (χ0) is 11.5. The average molecular weight is 214 g/mol. The summed E-state index contributed by atoms with van der Waals surface area (Å²) >= 11 is 0. The topological polar surface area (TPSA) is 61.3 Å². The van der Waals surface area contributed by atoms with E-state index in [4.69, 9.17) is 16.2 Å². The maximum atomic E-state index is 5.85. The van der Waals surface area contributed by atoms with Gasteiger partial charge in [0.25, 0.3) is 0 Å². The van der Waals surface area contributed by atoms with Crippen molar-refractivity contribution >= 4 is 11.4 Å². The van der Waals surface area contributed by atoms with Crippen LogP contribution in [0.1, 0.15) is 5.56 Å². The molecule has 0 amide bonds. The molecule has 82 valence electrons. The molecule has 0 fully saturated rings. The predicted octanol–water partition coefficient (Wildman–Crippen LogP) is 2.95. The maximum absolute atomic E-state index is 5.85. The minimum absolute atomic E-state index is 0.600. The quantitative estimate of drug-likeness (QED) is 0.755. The van der Waals surface area contributed by atoms with E-state index < -0.39 is 0 Å². The number of nitrogens with two attached hydrogens (primary N) is 2. The number of benzene rings is 2. The Labute approximate surface area is 94.6 Å². The molecule has 0 aliphatic rings. The molecule has 2 rings (SSSR count). The molecule has 0 unspecified atom stereocenters. The average Bonchev–Trinajstić information content (AvgIpc) is 2.25. The number of hydrogen-bond donors (Lipinski definition) is 2. The first-order chi connectivity index (χ1) is 7.66. The highest BCUT2D eigenvalue weighted by molar-refractivity contribution is 5.59. The minimum atomic E-state index is 0.600. The Morgan fingerprint density at radius 2 is 1.56 bits per heavy atom. The third-order valence-electron chi connectivity index (χ3n) is 2.30. The molecule has 16 heavy (non-hydrogen) atoms. The van der Waals surface area contributed by atoms with Gasteiger partial charge in [-0.05, 0) is 36.8 Å². The molecular weight excluding hydrogens is 200 g/mol. The first kappa shape index (κ1) is 10.4. The van der Waals surface area contributed by atoms with Crippen molar-refractivity contribution in [2.75, 3.05) is 11.5 Å². The van der Waals surface area contributed by atoms with Crippen LogP contribution in [0, 0.1) is 6.92 Å². The number of hydrogen-bond acceptors (Lipinski definition) is 3. The van der Waals surface area contributed by atoms with Crippen molar-refractivity contribution in [2.45, 2.75) is 6.92 Å². The number of rotatable bonds is 2. The first-order valence-corrected chi connectivity index (χ1v) is 5.05. The van der Waals surface area contributed by atoms with E-state index in [0.29, 0.717) is 22.9 Å². The van der Waals surface area contributed by atoms with Crippen LogP contribution in [0.25, 0.3) is 0 Å². The fraction of sp³-hybridized carbons (Fsp3) is 0.0769. The molecule has 0 bridgehead atoms. The molecule has 0 aliphatic heterocycles. The number of nitrogen functional groups attached to an aromatic ring is 2. The minimum Gasteiger partial charge on any atom is -0.453 e. The lowest BCUT2D eigenvalue weighted by molar-refractivity contribution is 0.487. The van der Waals surface area contributed by atoms with Crippen molar-refractivity contribution in [2.24, 2.45) is 0 Å². The summed E-state index contributed by atoms with van der Waals surface area (Å²) in [5, 5.41) is 0. The normalized spacial score (nSPS) is 10.1. The van der Waals surface area contributed by atoms with E-state index in [1.165, 1.54) is 0 Å². The summed E-state index contributed by atoms with van der Waals surface area (Å²) < 4.78 is 5.64. The lowest BCUT2D eigenvalue weighted by atomic mass is 10.2. The lowest BCUT2D eigenvalue weighted by Gasteiger charge is -2.10. The Morgan fingerprint density at radius 3 is 2.25 bits per heavy atom.